The van der Waals surface area contributed by atoms with Gasteiger partial charge in [-0.25, -0.2) is 14.0 Å². The summed E-state index contributed by atoms with van der Waals surface area (Å²) in [4.78, 5) is 26.3. The van der Waals surface area contributed by atoms with Gasteiger partial charge in [0.15, 0.2) is 53.0 Å². The van der Waals surface area contributed by atoms with Gasteiger partial charge in [-0.1, -0.05) is 12.1 Å². The number of hydrogen-bond acceptors (Lipinski definition) is 25. The lowest BCUT2D eigenvalue weighted by Gasteiger charge is -2.45. The van der Waals surface area contributed by atoms with Gasteiger partial charge in [-0.3, -0.25) is 0 Å². The zero-order chi connectivity index (χ0) is 55.4. The molecule has 14 atom stereocenters. The zero-order valence-electron chi connectivity index (χ0n) is 40.1. The van der Waals surface area contributed by atoms with Gasteiger partial charge in [0.05, 0.1) is 32.0 Å². The van der Waals surface area contributed by atoms with Crippen LogP contribution in [-0.4, -0.2) is 196 Å². The van der Waals surface area contributed by atoms with E-state index in [9.17, 15) is 81.1 Å². The Labute approximate surface area is 434 Å². The normalized spacial score (nSPS) is 28.6. The number of carbonyl (C=O) groups excluding carboxylic acids is 2. The van der Waals surface area contributed by atoms with Gasteiger partial charge >= 0.3 is 23.3 Å². The van der Waals surface area contributed by atoms with Crippen molar-refractivity contribution in [2.45, 2.75) is 86.0 Å². The molecular formula is C51H53O26+. The van der Waals surface area contributed by atoms with Gasteiger partial charge in [0.2, 0.25) is 18.3 Å². The number of phenolic OH excluding ortho intramolecular Hbond substituents is 6. The smallest absolute Gasteiger partial charge is 0.402 e. The number of hydrogen-bond donors (Lipinski definition) is 14. The molecule has 26 nitrogen and oxygen atoms in total. The maximum absolute atomic E-state index is 13.2. The van der Waals surface area contributed by atoms with Gasteiger partial charge in [0.1, 0.15) is 78.4 Å². The highest BCUT2D eigenvalue weighted by molar-refractivity contribution is 5.89. The number of carbonyl (C=O) groups is 2. The molecule has 1 aromatic heterocycles. The molecule has 77 heavy (non-hydrogen) atoms. The molecule has 3 fully saturated rings. The predicted molar refractivity (Wildman–Crippen MR) is 257 cm³/mol. The number of aliphatic hydroxyl groups excluding tert-OH is 8. The molecule has 4 heterocycles. The summed E-state index contributed by atoms with van der Waals surface area (Å²) in [7, 11) is 1.32. The van der Waals surface area contributed by atoms with E-state index in [4.69, 9.17) is 47.0 Å². The van der Waals surface area contributed by atoms with E-state index in [1.165, 1.54) is 55.7 Å². The summed E-state index contributed by atoms with van der Waals surface area (Å²) >= 11 is 0. The molecule has 3 aliphatic heterocycles. The molecule has 0 bridgehead atoms. The Morgan fingerprint density at radius 1 is 0.610 bits per heavy atom. The molecule has 3 aliphatic rings. The minimum atomic E-state index is -2.14. The fraction of sp³-hybridized carbons (Fsp3) is 0.353. The number of aliphatic hydroxyl groups is 8. The molecule has 3 saturated heterocycles. The van der Waals surface area contributed by atoms with Crippen LogP contribution in [0.5, 0.6) is 51.7 Å². The van der Waals surface area contributed by atoms with Crippen LogP contribution in [0.2, 0.25) is 0 Å². The molecular weight excluding hydrogens is 1030 g/mol. The van der Waals surface area contributed by atoms with E-state index in [0.29, 0.717) is 5.56 Å². The van der Waals surface area contributed by atoms with Crippen molar-refractivity contribution in [1.29, 1.82) is 0 Å². The van der Waals surface area contributed by atoms with E-state index in [1.807, 2.05) is 0 Å². The van der Waals surface area contributed by atoms with Crippen LogP contribution in [0.25, 0.3) is 34.4 Å². The van der Waals surface area contributed by atoms with Crippen molar-refractivity contribution in [3.05, 3.63) is 96.1 Å². The number of ether oxygens (including phenoxy) is 9. The summed E-state index contributed by atoms with van der Waals surface area (Å²) < 4.78 is 58.0. The van der Waals surface area contributed by atoms with Crippen LogP contribution in [-0.2, 0) is 38.0 Å². The van der Waals surface area contributed by atoms with Crippen LogP contribution in [0.15, 0.2) is 89.4 Å². The molecule has 4 aromatic carbocycles. The second-order valence-corrected chi connectivity index (χ2v) is 17.7. The van der Waals surface area contributed by atoms with Crippen LogP contribution < -0.4 is 14.2 Å². The first-order valence-corrected chi connectivity index (χ1v) is 23.3. The van der Waals surface area contributed by atoms with Gasteiger partial charge in [0.25, 0.3) is 0 Å². The maximum Gasteiger partial charge on any atom is 0.402 e. The molecule has 5 aromatic rings. The SMILES string of the molecule is COc1cc(C=CC(=O)OC[C@H]2O[C@@H](Oc3cc4c(O[C@@H]5O[C@H](CO)[C@@H](O)[C@H](O)[C@H]5O)cc(O)cc4[o+]c3-c3ccc(O)c(O)c3)[C@H](O[C@@H]3OC[C@@H](O)[C@H](O)[C@H]3OC(=O)C=Cc3ccc(O)c(O)c3)[C@@H](O)[C@@H]2O)ccc1O. The van der Waals surface area contributed by atoms with Crippen molar-refractivity contribution in [2.24, 2.45) is 0 Å². The Balaban J connectivity index is 1.16. The Morgan fingerprint density at radius 3 is 1.94 bits per heavy atom. The van der Waals surface area contributed by atoms with Gasteiger partial charge in [-0.2, -0.15) is 0 Å². The average Bonchev–Trinajstić information content (AvgIpc) is 3.42. The van der Waals surface area contributed by atoms with Gasteiger partial charge < -0.3 is 114 Å². The fourth-order valence-corrected chi connectivity index (χ4v) is 8.24. The number of aromatic hydroxyl groups is 6. The summed E-state index contributed by atoms with van der Waals surface area (Å²) in [6.07, 6.45) is -21.8. The standard InChI is InChI=1S/C51H52O26/c1-68-34-13-22(3-8-28(34)56)4-10-38(60)69-20-37-42(64)44(66)48(77-50-47(40(62)31(59)19-70-50)76-39(61)11-5-21-2-7-26(54)29(57)12-21)51(75-37)73-35-17-25-32(71-46(35)23-6-9-27(55)30(58)14-23)15-24(53)16-33(25)72-49-45(67)43(65)41(63)36(18-52)74-49/h2-17,31,36-37,40-45,47-52,59,62-67H,18-20H2,1H3,(H5-,53,54,55,56,57,58,60,61)/p+1/t31-,36-,37-,40+,41-,42-,43+,44+,45-,47-,48-,49-,50+,51-/m1/s1. The Kier molecular flexibility index (Phi) is 17.2. The van der Waals surface area contributed by atoms with Crippen molar-refractivity contribution in [3.63, 3.8) is 0 Å². The first kappa shape index (κ1) is 55.7. The molecule has 0 spiro atoms. The number of phenols is 6. The highest BCUT2D eigenvalue weighted by Crippen LogP contribution is 2.44. The first-order valence-electron chi connectivity index (χ1n) is 23.3. The Bertz CT molecular complexity index is 2980. The molecule has 0 aliphatic carbocycles. The molecule has 26 heteroatoms. The van der Waals surface area contributed by atoms with Gasteiger partial charge in [-0.05, 0) is 59.7 Å². The van der Waals surface area contributed by atoms with Gasteiger partial charge in [-0.15, -0.1) is 0 Å². The molecule has 0 unspecified atom stereocenters. The van der Waals surface area contributed by atoms with Crippen LogP contribution in [0, 0.1) is 0 Å². The highest BCUT2D eigenvalue weighted by atomic mass is 16.8. The van der Waals surface area contributed by atoms with E-state index < -0.39 is 152 Å². The quantitative estimate of drug-likeness (QED) is 0.0267. The number of esters is 2. The van der Waals surface area contributed by atoms with Crippen molar-refractivity contribution < 1.29 is 128 Å². The number of benzene rings is 4. The molecule has 412 valence electrons. The summed E-state index contributed by atoms with van der Waals surface area (Å²) in [5.41, 5.74) is 0.387. The fourth-order valence-electron chi connectivity index (χ4n) is 8.24. The van der Waals surface area contributed by atoms with Crippen LogP contribution in [0.4, 0.5) is 0 Å². The summed E-state index contributed by atoms with van der Waals surface area (Å²) in [6, 6.07) is 14.5. The second kappa shape index (κ2) is 23.8. The van der Waals surface area contributed by atoms with E-state index >= 15 is 0 Å². The number of methoxy groups -OCH3 is 1. The summed E-state index contributed by atoms with van der Waals surface area (Å²) in [5, 5.41) is 148. The molecule has 0 radical (unpaired) electrons. The molecule has 8 rings (SSSR count). The second-order valence-electron chi connectivity index (χ2n) is 17.7. The minimum Gasteiger partial charge on any atom is -0.507 e. The van der Waals surface area contributed by atoms with E-state index in [1.54, 1.807) is 0 Å². The highest BCUT2D eigenvalue weighted by Gasteiger charge is 2.52. The van der Waals surface area contributed by atoms with E-state index in [0.717, 1.165) is 48.6 Å². The van der Waals surface area contributed by atoms with Gasteiger partial charge in [0, 0.05) is 30.4 Å². The van der Waals surface area contributed by atoms with Crippen LogP contribution in [0.3, 0.4) is 0 Å². The van der Waals surface area contributed by atoms with Crippen molar-refractivity contribution in [2.75, 3.05) is 26.9 Å². The lowest BCUT2D eigenvalue weighted by molar-refractivity contribution is -0.345. The van der Waals surface area contributed by atoms with Crippen LogP contribution >= 0.6 is 0 Å². The Morgan fingerprint density at radius 2 is 1.25 bits per heavy atom. The van der Waals surface area contributed by atoms with E-state index in [2.05, 4.69) is 0 Å². The summed E-state index contributed by atoms with van der Waals surface area (Å²) in [5.74, 6) is -5.97. The first-order chi connectivity index (χ1) is 36.7. The molecule has 0 amide bonds. The third kappa shape index (κ3) is 12.5. The lowest BCUT2D eigenvalue weighted by atomic mass is 9.98. The number of rotatable bonds is 16. The molecule has 0 saturated carbocycles. The topological polar surface area (TPSA) is 412 Å². The largest absolute Gasteiger partial charge is 0.507 e. The van der Waals surface area contributed by atoms with Crippen molar-refractivity contribution >= 4 is 35.1 Å². The minimum absolute atomic E-state index is 0.0374. The maximum atomic E-state index is 13.2. The lowest BCUT2D eigenvalue weighted by Crippen LogP contribution is -2.64. The average molecular weight is 1080 g/mol. The third-order valence-corrected chi connectivity index (χ3v) is 12.4. The predicted octanol–water partition coefficient (Wildman–Crippen LogP) is -0.0276. The third-order valence-electron chi connectivity index (χ3n) is 12.4. The van der Waals surface area contributed by atoms with Crippen molar-refractivity contribution in [3.8, 4) is 63.1 Å². The summed E-state index contributed by atoms with van der Waals surface area (Å²) in [6.45, 7) is -2.26. The monoisotopic (exact) mass is 1080 g/mol. The molecule has 14 N–H and O–H groups in total. The van der Waals surface area contributed by atoms with E-state index in [-0.39, 0.29) is 45.1 Å². The number of fused-ring (bicyclic) bond motifs is 1. The van der Waals surface area contributed by atoms with Crippen molar-refractivity contribution in [1.82, 2.24) is 0 Å². The Hall–Kier alpha value is -7.57. The van der Waals surface area contributed by atoms with Crippen LogP contribution in [0.1, 0.15) is 11.1 Å². The zero-order valence-corrected chi connectivity index (χ0v) is 40.1.